The van der Waals surface area contributed by atoms with Crippen LogP contribution in [0.3, 0.4) is 0 Å². The molecule has 0 heterocycles. The minimum Gasteiger partial charge on any atom is -0.282 e. The summed E-state index contributed by atoms with van der Waals surface area (Å²) in [5.74, 6) is 0. The van der Waals surface area contributed by atoms with Crippen LogP contribution in [-0.4, -0.2) is 30.7 Å². The maximum Gasteiger partial charge on any atom is 0.301 e. The van der Waals surface area contributed by atoms with Crippen molar-refractivity contribution in [2.24, 2.45) is 0 Å². The second-order valence-corrected chi connectivity index (χ2v) is 4.84. The average Bonchev–Trinajstić information content (AvgIpc) is 2.27. The van der Waals surface area contributed by atoms with Crippen LogP contribution in [0.4, 0.5) is 14.5 Å². The summed E-state index contributed by atoms with van der Waals surface area (Å²) in [4.78, 5) is 8.79. The Labute approximate surface area is 101 Å². The topological polar surface area (TPSA) is 97.5 Å². The first-order valence-corrected chi connectivity index (χ1v) is 6.15. The van der Waals surface area contributed by atoms with Gasteiger partial charge in [-0.05, 0) is 6.07 Å². The molecule has 100 valence electrons. The molecule has 0 saturated heterocycles. The largest absolute Gasteiger partial charge is 0.301 e. The molecule has 1 aromatic rings. The Kier molecular flexibility index (Phi) is 4.30. The number of rotatable bonds is 5. The zero-order valence-corrected chi connectivity index (χ0v) is 9.73. The highest BCUT2D eigenvalue weighted by molar-refractivity contribution is 7.86. The van der Waals surface area contributed by atoms with Crippen LogP contribution in [0.15, 0.2) is 23.1 Å². The van der Waals surface area contributed by atoms with Gasteiger partial charge < -0.3 is 0 Å². The Hall–Kier alpha value is -1.61. The smallest absolute Gasteiger partial charge is 0.282 e. The number of hydrogen-bond acceptors (Lipinski definition) is 4. The molecular formula is C9H9F2NO5S. The highest BCUT2D eigenvalue weighted by Gasteiger charge is 2.28. The summed E-state index contributed by atoms with van der Waals surface area (Å²) >= 11 is 0. The van der Waals surface area contributed by atoms with Crippen LogP contribution in [-0.2, 0) is 16.5 Å². The summed E-state index contributed by atoms with van der Waals surface area (Å²) < 4.78 is 55.6. The van der Waals surface area contributed by atoms with Crippen LogP contribution in [0.5, 0.6) is 0 Å². The zero-order valence-electron chi connectivity index (χ0n) is 8.92. The number of nitrogens with zero attached hydrogens (tertiary/aromatic N) is 1. The molecule has 1 unspecified atom stereocenters. The van der Waals surface area contributed by atoms with Gasteiger partial charge in [-0.2, -0.15) is 8.42 Å². The molecule has 0 spiro atoms. The fourth-order valence-electron chi connectivity index (χ4n) is 1.44. The van der Waals surface area contributed by atoms with Gasteiger partial charge in [0.2, 0.25) is 0 Å². The normalized spacial score (nSPS) is 13.3. The third-order valence-corrected chi connectivity index (χ3v) is 3.04. The summed E-state index contributed by atoms with van der Waals surface area (Å²) in [5.41, 5.74) is -1.23. The van der Waals surface area contributed by atoms with E-state index in [-0.39, 0.29) is 5.56 Å². The van der Waals surface area contributed by atoms with Gasteiger partial charge in [-0.3, -0.25) is 14.7 Å². The lowest BCUT2D eigenvalue weighted by Crippen LogP contribution is -2.11. The van der Waals surface area contributed by atoms with E-state index in [9.17, 15) is 27.3 Å². The van der Waals surface area contributed by atoms with Gasteiger partial charge in [-0.1, -0.05) is 12.1 Å². The van der Waals surface area contributed by atoms with E-state index in [1.165, 1.54) is 0 Å². The van der Waals surface area contributed by atoms with Crippen molar-refractivity contribution < 1.29 is 26.7 Å². The number of nitro benzene ring substituents is 1. The molecule has 18 heavy (non-hydrogen) atoms. The number of nitro groups is 1. The fraction of sp³-hybridized carbons (Fsp3) is 0.333. The Morgan fingerprint density at radius 2 is 2.06 bits per heavy atom. The molecule has 0 aliphatic heterocycles. The first kappa shape index (κ1) is 14.5. The van der Waals surface area contributed by atoms with E-state index in [4.69, 9.17) is 4.55 Å². The number of halogens is 2. The summed E-state index contributed by atoms with van der Waals surface area (Å²) in [6.45, 7) is -1.34. The van der Waals surface area contributed by atoms with Crippen molar-refractivity contribution in [3.8, 4) is 0 Å². The minimum absolute atomic E-state index is 0.291. The highest BCUT2D eigenvalue weighted by atomic mass is 32.2. The molecule has 1 N–H and O–H groups in total. The Morgan fingerprint density at radius 1 is 1.44 bits per heavy atom. The summed E-state index contributed by atoms with van der Waals surface area (Å²) in [6, 6.07) is 3.03. The second kappa shape index (κ2) is 5.36. The fourth-order valence-corrected chi connectivity index (χ4v) is 2.14. The third kappa shape index (κ3) is 3.20. The van der Waals surface area contributed by atoms with E-state index in [2.05, 4.69) is 0 Å². The molecule has 0 amide bonds. The SMILES string of the molecule is O=[N+]([O-])c1c(CC(F)CF)cccc1S(=O)(=O)O. The summed E-state index contributed by atoms with van der Waals surface area (Å²) in [6.07, 6.45) is -2.61. The molecule has 6 nitrogen and oxygen atoms in total. The van der Waals surface area contributed by atoms with Gasteiger partial charge in [0.05, 0.1) is 4.92 Å². The Morgan fingerprint density at radius 3 is 2.50 bits per heavy atom. The van der Waals surface area contributed by atoms with Crippen molar-refractivity contribution in [1.29, 1.82) is 0 Å². The molecule has 0 aliphatic rings. The lowest BCUT2D eigenvalue weighted by Gasteiger charge is -2.07. The third-order valence-electron chi connectivity index (χ3n) is 2.15. The van der Waals surface area contributed by atoms with Gasteiger partial charge in [0.15, 0.2) is 4.90 Å². The predicted molar refractivity (Wildman–Crippen MR) is 57.5 cm³/mol. The predicted octanol–water partition coefficient (Wildman–Crippen LogP) is 1.69. The summed E-state index contributed by atoms with van der Waals surface area (Å²) in [7, 11) is -4.80. The molecule has 0 aliphatic carbocycles. The van der Waals surface area contributed by atoms with Crippen molar-refractivity contribution in [2.45, 2.75) is 17.5 Å². The van der Waals surface area contributed by atoms with E-state index in [1.807, 2.05) is 0 Å². The first-order chi connectivity index (χ1) is 8.27. The van der Waals surface area contributed by atoms with Crippen LogP contribution in [0.25, 0.3) is 0 Å². The average molecular weight is 281 g/mol. The van der Waals surface area contributed by atoms with E-state index < -0.39 is 44.9 Å². The number of alkyl halides is 2. The van der Waals surface area contributed by atoms with E-state index >= 15 is 0 Å². The van der Waals surface area contributed by atoms with Gasteiger partial charge in [-0.25, -0.2) is 8.78 Å². The first-order valence-electron chi connectivity index (χ1n) is 4.71. The van der Waals surface area contributed by atoms with Crippen LogP contribution < -0.4 is 0 Å². The number of hydrogen-bond donors (Lipinski definition) is 1. The molecule has 0 aromatic heterocycles. The molecule has 0 fully saturated rings. The molecule has 1 rings (SSSR count). The Balaban J connectivity index is 3.40. The lowest BCUT2D eigenvalue weighted by molar-refractivity contribution is -0.388. The van der Waals surface area contributed by atoms with Gasteiger partial charge in [0, 0.05) is 12.0 Å². The van der Waals surface area contributed by atoms with Crippen molar-refractivity contribution in [2.75, 3.05) is 6.67 Å². The van der Waals surface area contributed by atoms with Crippen LogP contribution in [0.1, 0.15) is 5.56 Å². The highest BCUT2D eigenvalue weighted by Crippen LogP contribution is 2.29. The minimum atomic E-state index is -4.80. The molecular weight excluding hydrogens is 272 g/mol. The van der Waals surface area contributed by atoms with Crippen molar-refractivity contribution in [3.63, 3.8) is 0 Å². The maximum atomic E-state index is 12.9. The second-order valence-electron chi connectivity index (χ2n) is 3.45. The van der Waals surface area contributed by atoms with Crippen molar-refractivity contribution in [1.82, 2.24) is 0 Å². The van der Waals surface area contributed by atoms with E-state index in [0.717, 1.165) is 18.2 Å². The molecule has 0 bridgehead atoms. The van der Waals surface area contributed by atoms with Gasteiger partial charge in [-0.15, -0.1) is 0 Å². The standard InChI is InChI=1S/C9H9F2NO5S/c10-5-7(11)4-6-2-1-3-8(18(15,16)17)9(6)12(13)14/h1-3,7H,4-5H2,(H,15,16,17). The van der Waals surface area contributed by atoms with E-state index in [1.54, 1.807) is 0 Å². The van der Waals surface area contributed by atoms with Gasteiger partial charge in [0.25, 0.3) is 5.69 Å². The molecule has 1 aromatic carbocycles. The van der Waals surface area contributed by atoms with Gasteiger partial charge in [0.1, 0.15) is 12.8 Å². The molecule has 0 saturated carbocycles. The quantitative estimate of drug-likeness (QED) is 0.503. The summed E-state index contributed by atoms with van der Waals surface area (Å²) in [5, 5.41) is 10.8. The Bertz CT molecular complexity index is 560. The molecule has 1 atom stereocenters. The van der Waals surface area contributed by atoms with E-state index in [0.29, 0.717) is 0 Å². The van der Waals surface area contributed by atoms with Crippen LogP contribution in [0.2, 0.25) is 0 Å². The number of benzene rings is 1. The van der Waals surface area contributed by atoms with Gasteiger partial charge >= 0.3 is 10.1 Å². The lowest BCUT2D eigenvalue weighted by atomic mass is 10.1. The molecule has 0 radical (unpaired) electrons. The van der Waals surface area contributed by atoms with Crippen LogP contribution in [0, 0.1) is 10.1 Å². The van der Waals surface area contributed by atoms with Crippen LogP contribution >= 0.6 is 0 Å². The molecule has 9 heteroatoms. The van der Waals surface area contributed by atoms with Crippen molar-refractivity contribution in [3.05, 3.63) is 33.9 Å². The zero-order chi connectivity index (χ0) is 13.9. The van der Waals surface area contributed by atoms with Crippen molar-refractivity contribution >= 4 is 15.8 Å². The monoisotopic (exact) mass is 281 g/mol. The maximum absolute atomic E-state index is 12.9. The number of para-hydroxylation sites is 1.